The number of alkyl halides is 1. The van der Waals surface area contributed by atoms with Gasteiger partial charge in [0.05, 0.1) is 18.9 Å². The number of aliphatic hydroxyl groups is 2. The summed E-state index contributed by atoms with van der Waals surface area (Å²) in [7, 11) is 0. The van der Waals surface area contributed by atoms with E-state index in [0.29, 0.717) is 12.8 Å². The van der Waals surface area contributed by atoms with Crippen molar-refractivity contribution in [2.75, 3.05) is 6.67 Å². The van der Waals surface area contributed by atoms with Gasteiger partial charge in [-0.2, -0.15) is 0 Å². The van der Waals surface area contributed by atoms with Crippen LogP contribution in [0.5, 0.6) is 0 Å². The molecule has 0 aliphatic heterocycles. The van der Waals surface area contributed by atoms with Crippen molar-refractivity contribution in [1.29, 1.82) is 0 Å². The summed E-state index contributed by atoms with van der Waals surface area (Å²) in [5.74, 6) is -0.330. The first-order valence-electron chi connectivity index (χ1n) is 3.68. The molecule has 0 aromatic rings. The highest BCUT2D eigenvalue weighted by Gasteiger charge is 2.29. The van der Waals surface area contributed by atoms with Crippen LogP contribution in [-0.2, 0) is 0 Å². The SMILES string of the molecule is OC1CCCC(CF)[C@H]1O. The molecule has 3 atom stereocenters. The Kier molecular flexibility index (Phi) is 2.63. The molecular weight excluding hydrogens is 135 g/mol. The molecule has 0 amide bonds. The number of rotatable bonds is 1. The van der Waals surface area contributed by atoms with Gasteiger partial charge in [0.2, 0.25) is 0 Å². The van der Waals surface area contributed by atoms with Crippen LogP contribution in [0.2, 0.25) is 0 Å². The second-order valence-corrected chi connectivity index (χ2v) is 2.90. The van der Waals surface area contributed by atoms with E-state index in [1.807, 2.05) is 0 Å². The van der Waals surface area contributed by atoms with Gasteiger partial charge in [0.1, 0.15) is 0 Å². The topological polar surface area (TPSA) is 40.5 Å². The Balaban J connectivity index is 2.42. The maximum atomic E-state index is 12.0. The Hall–Kier alpha value is -0.150. The zero-order chi connectivity index (χ0) is 7.56. The van der Waals surface area contributed by atoms with Crippen molar-refractivity contribution in [3.05, 3.63) is 0 Å². The fraction of sp³-hybridized carbons (Fsp3) is 1.00. The minimum atomic E-state index is -0.834. The summed E-state index contributed by atoms with van der Waals surface area (Å²) in [4.78, 5) is 0. The summed E-state index contributed by atoms with van der Waals surface area (Å²) in [6.45, 7) is -0.516. The Morgan fingerprint density at radius 1 is 1.30 bits per heavy atom. The minimum absolute atomic E-state index is 0.330. The highest BCUT2D eigenvalue weighted by molar-refractivity contribution is 4.80. The lowest BCUT2D eigenvalue weighted by molar-refractivity contribution is -0.0502. The van der Waals surface area contributed by atoms with Crippen molar-refractivity contribution >= 4 is 0 Å². The molecule has 2 unspecified atom stereocenters. The van der Waals surface area contributed by atoms with E-state index in [2.05, 4.69) is 0 Å². The van der Waals surface area contributed by atoms with Gasteiger partial charge in [0.15, 0.2) is 0 Å². The maximum Gasteiger partial charge on any atom is 0.0948 e. The maximum absolute atomic E-state index is 12.0. The molecule has 3 heteroatoms. The lowest BCUT2D eigenvalue weighted by Crippen LogP contribution is -2.38. The van der Waals surface area contributed by atoms with Crippen LogP contribution in [0.3, 0.4) is 0 Å². The van der Waals surface area contributed by atoms with Gasteiger partial charge < -0.3 is 10.2 Å². The third kappa shape index (κ3) is 1.47. The van der Waals surface area contributed by atoms with Crippen LogP contribution in [-0.4, -0.2) is 29.1 Å². The molecule has 1 fully saturated rings. The van der Waals surface area contributed by atoms with E-state index in [0.717, 1.165) is 6.42 Å². The van der Waals surface area contributed by atoms with E-state index in [4.69, 9.17) is 10.2 Å². The van der Waals surface area contributed by atoms with E-state index in [-0.39, 0.29) is 5.92 Å². The van der Waals surface area contributed by atoms with Crippen molar-refractivity contribution in [1.82, 2.24) is 0 Å². The summed E-state index contributed by atoms with van der Waals surface area (Å²) >= 11 is 0. The second-order valence-electron chi connectivity index (χ2n) is 2.90. The molecule has 0 spiro atoms. The second kappa shape index (κ2) is 3.30. The number of hydrogen-bond acceptors (Lipinski definition) is 2. The van der Waals surface area contributed by atoms with Gasteiger partial charge in [-0.25, -0.2) is 0 Å². The highest BCUT2D eigenvalue weighted by atomic mass is 19.1. The van der Waals surface area contributed by atoms with Gasteiger partial charge in [0, 0.05) is 5.92 Å². The van der Waals surface area contributed by atoms with E-state index in [1.54, 1.807) is 0 Å². The van der Waals surface area contributed by atoms with Crippen LogP contribution in [0.25, 0.3) is 0 Å². The third-order valence-corrected chi connectivity index (χ3v) is 2.15. The molecule has 60 valence electrons. The Labute approximate surface area is 59.7 Å². The van der Waals surface area contributed by atoms with Crippen molar-refractivity contribution in [3.63, 3.8) is 0 Å². The van der Waals surface area contributed by atoms with Gasteiger partial charge in [-0.1, -0.05) is 6.42 Å². The van der Waals surface area contributed by atoms with E-state index >= 15 is 0 Å². The average Bonchev–Trinajstić information content (AvgIpc) is 1.95. The molecule has 1 aliphatic carbocycles. The Bertz CT molecular complexity index is 108. The average molecular weight is 148 g/mol. The Morgan fingerprint density at radius 3 is 2.50 bits per heavy atom. The van der Waals surface area contributed by atoms with Crippen molar-refractivity contribution in [2.24, 2.45) is 5.92 Å². The van der Waals surface area contributed by atoms with Crippen molar-refractivity contribution in [2.45, 2.75) is 31.5 Å². The van der Waals surface area contributed by atoms with Crippen LogP contribution in [0.1, 0.15) is 19.3 Å². The van der Waals surface area contributed by atoms with E-state index in [1.165, 1.54) is 0 Å². The van der Waals surface area contributed by atoms with Crippen molar-refractivity contribution in [3.8, 4) is 0 Å². The molecule has 10 heavy (non-hydrogen) atoms. The molecule has 0 saturated heterocycles. The zero-order valence-corrected chi connectivity index (χ0v) is 5.83. The number of hydrogen-bond donors (Lipinski definition) is 2. The molecule has 0 heterocycles. The fourth-order valence-electron chi connectivity index (χ4n) is 1.41. The zero-order valence-electron chi connectivity index (χ0n) is 5.83. The first-order valence-corrected chi connectivity index (χ1v) is 3.68. The summed E-state index contributed by atoms with van der Waals surface area (Å²) in [5.41, 5.74) is 0. The van der Waals surface area contributed by atoms with Crippen LogP contribution >= 0.6 is 0 Å². The molecule has 0 aromatic carbocycles. The smallest absolute Gasteiger partial charge is 0.0948 e. The predicted molar refractivity (Wildman–Crippen MR) is 35.3 cm³/mol. The molecule has 0 bridgehead atoms. The quantitative estimate of drug-likeness (QED) is 0.567. The molecule has 1 saturated carbocycles. The van der Waals surface area contributed by atoms with Gasteiger partial charge in [-0.15, -0.1) is 0 Å². The fourth-order valence-corrected chi connectivity index (χ4v) is 1.41. The molecule has 0 radical (unpaired) electrons. The normalized spacial score (nSPS) is 41.7. The van der Waals surface area contributed by atoms with Crippen LogP contribution in [0.15, 0.2) is 0 Å². The van der Waals surface area contributed by atoms with Gasteiger partial charge in [-0.3, -0.25) is 4.39 Å². The lowest BCUT2D eigenvalue weighted by Gasteiger charge is -2.29. The largest absolute Gasteiger partial charge is 0.390 e. The standard InChI is InChI=1S/C7H13FO2/c8-4-5-2-1-3-6(9)7(5)10/h5-7,9-10H,1-4H2/t5?,6?,7-/m1/s1. The van der Waals surface area contributed by atoms with Gasteiger partial charge in [-0.05, 0) is 12.8 Å². The van der Waals surface area contributed by atoms with Crippen LogP contribution in [0.4, 0.5) is 4.39 Å². The third-order valence-electron chi connectivity index (χ3n) is 2.15. The molecule has 2 N–H and O–H groups in total. The minimum Gasteiger partial charge on any atom is -0.390 e. The van der Waals surface area contributed by atoms with E-state index in [9.17, 15) is 4.39 Å². The predicted octanol–water partition coefficient (Wildman–Crippen LogP) is 0.478. The molecule has 0 aromatic heterocycles. The number of aliphatic hydroxyl groups excluding tert-OH is 2. The molecular formula is C7H13FO2. The van der Waals surface area contributed by atoms with Crippen molar-refractivity contribution < 1.29 is 14.6 Å². The van der Waals surface area contributed by atoms with Crippen LogP contribution in [0, 0.1) is 5.92 Å². The van der Waals surface area contributed by atoms with Gasteiger partial charge in [0.25, 0.3) is 0 Å². The summed E-state index contributed by atoms with van der Waals surface area (Å²) in [6.07, 6.45) is 0.604. The van der Waals surface area contributed by atoms with Crippen LogP contribution < -0.4 is 0 Å². The lowest BCUT2D eigenvalue weighted by atomic mass is 9.85. The molecule has 2 nitrogen and oxygen atoms in total. The monoisotopic (exact) mass is 148 g/mol. The molecule has 1 rings (SSSR count). The first kappa shape index (κ1) is 7.95. The first-order chi connectivity index (χ1) is 4.75. The Morgan fingerprint density at radius 2 is 2.00 bits per heavy atom. The number of halogens is 1. The summed E-state index contributed by atoms with van der Waals surface area (Å²) in [6, 6.07) is 0. The highest BCUT2D eigenvalue weighted by Crippen LogP contribution is 2.24. The molecule has 1 aliphatic rings. The van der Waals surface area contributed by atoms with E-state index < -0.39 is 18.9 Å². The van der Waals surface area contributed by atoms with Gasteiger partial charge >= 0.3 is 0 Å². The summed E-state index contributed by atoms with van der Waals surface area (Å²) < 4.78 is 12.0. The summed E-state index contributed by atoms with van der Waals surface area (Å²) in [5, 5.41) is 18.2.